The number of nitrogens with zero attached hydrogens (tertiary/aromatic N) is 2. The lowest BCUT2D eigenvalue weighted by Crippen LogP contribution is -2.46. The van der Waals surface area contributed by atoms with Gasteiger partial charge in [0.1, 0.15) is 0 Å². The van der Waals surface area contributed by atoms with Crippen LogP contribution in [0.1, 0.15) is 21.6 Å². The largest absolute Gasteiger partial charge is 0.336 e. The number of hydrogen-bond donors (Lipinski definition) is 1. The topological polar surface area (TPSA) is 45.2 Å². The van der Waals surface area contributed by atoms with Crippen LogP contribution >= 0.6 is 0 Å². The van der Waals surface area contributed by atoms with Gasteiger partial charge in [0.15, 0.2) is 0 Å². The minimum Gasteiger partial charge on any atom is -0.336 e. The number of carbonyl (C=O) groups excluding carboxylic acids is 1. The van der Waals surface area contributed by atoms with Gasteiger partial charge in [-0.3, -0.25) is 9.78 Å². The number of pyridine rings is 1. The van der Waals surface area contributed by atoms with Crippen molar-refractivity contribution in [3.63, 3.8) is 0 Å². The molecule has 1 aliphatic rings. The van der Waals surface area contributed by atoms with Crippen LogP contribution in [0.2, 0.25) is 0 Å². The van der Waals surface area contributed by atoms with E-state index in [1.807, 2.05) is 24.0 Å². The molecule has 0 saturated carbocycles. The van der Waals surface area contributed by atoms with Gasteiger partial charge >= 0.3 is 0 Å². The Morgan fingerprint density at radius 2 is 1.95 bits per heavy atom. The van der Waals surface area contributed by atoms with Crippen molar-refractivity contribution in [2.24, 2.45) is 0 Å². The molecule has 1 aromatic heterocycles. The minimum absolute atomic E-state index is 0.0963. The highest BCUT2D eigenvalue weighted by atomic mass is 16.2. The summed E-state index contributed by atoms with van der Waals surface area (Å²) in [7, 11) is 0. The van der Waals surface area contributed by atoms with Crippen molar-refractivity contribution in [2.75, 3.05) is 26.2 Å². The first-order valence-electron chi connectivity index (χ1n) is 7.03. The smallest absolute Gasteiger partial charge is 0.255 e. The van der Waals surface area contributed by atoms with Gasteiger partial charge in [-0.1, -0.05) is 12.1 Å². The van der Waals surface area contributed by atoms with Gasteiger partial charge < -0.3 is 10.2 Å². The Morgan fingerprint density at radius 1 is 1.20 bits per heavy atom. The fraction of sp³-hybridized carbons (Fsp3) is 0.375. The third-order valence-electron chi connectivity index (χ3n) is 3.80. The van der Waals surface area contributed by atoms with E-state index in [0.29, 0.717) is 0 Å². The first-order chi connectivity index (χ1) is 9.65. The van der Waals surface area contributed by atoms with Crippen LogP contribution in [-0.2, 0) is 0 Å². The Morgan fingerprint density at radius 3 is 2.70 bits per heavy atom. The van der Waals surface area contributed by atoms with E-state index in [4.69, 9.17) is 0 Å². The lowest BCUT2D eigenvalue weighted by Gasteiger charge is -2.27. The summed E-state index contributed by atoms with van der Waals surface area (Å²) in [5.74, 6) is 0.0963. The van der Waals surface area contributed by atoms with Crippen molar-refractivity contribution in [3.05, 3.63) is 41.1 Å². The SMILES string of the molecule is Cc1ccc2cc(C(=O)N3CCNCC3)c(C)nc2c1. The van der Waals surface area contributed by atoms with Gasteiger partial charge in [0.25, 0.3) is 5.91 Å². The Kier molecular flexibility index (Phi) is 3.40. The highest BCUT2D eigenvalue weighted by Gasteiger charge is 2.20. The van der Waals surface area contributed by atoms with Crippen LogP contribution in [0.4, 0.5) is 0 Å². The maximum atomic E-state index is 12.6. The maximum absolute atomic E-state index is 12.6. The van der Waals surface area contributed by atoms with E-state index in [0.717, 1.165) is 48.3 Å². The molecule has 1 aliphatic heterocycles. The number of aromatic nitrogens is 1. The summed E-state index contributed by atoms with van der Waals surface area (Å²) < 4.78 is 0. The van der Waals surface area contributed by atoms with Gasteiger partial charge in [-0.05, 0) is 31.5 Å². The molecule has 2 heterocycles. The Bertz CT molecular complexity index is 660. The molecule has 0 atom stereocenters. The molecule has 0 aliphatic carbocycles. The molecule has 0 bridgehead atoms. The van der Waals surface area contributed by atoms with Crippen molar-refractivity contribution in [1.82, 2.24) is 15.2 Å². The predicted octanol–water partition coefficient (Wildman–Crippen LogP) is 1.90. The zero-order valence-electron chi connectivity index (χ0n) is 11.9. The van der Waals surface area contributed by atoms with E-state index in [1.165, 1.54) is 5.56 Å². The molecular formula is C16H19N3O. The van der Waals surface area contributed by atoms with Crippen molar-refractivity contribution in [2.45, 2.75) is 13.8 Å². The van der Waals surface area contributed by atoms with Crippen molar-refractivity contribution in [1.29, 1.82) is 0 Å². The minimum atomic E-state index is 0.0963. The Hall–Kier alpha value is -1.94. The second kappa shape index (κ2) is 5.21. The van der Waals surface area contributed by atoms with Crippen LogP contribution in [-0.4, -0.2) is 42.0 Å². The molecule has 0 radical (unpaired) electrons. The van der Waals surface area contributed by atoms with Gasteiger partial charge in [0.2, 0.25) is 0 Å². The van der Waals surface area contributed by atoms with Crippen molar-refractivity contribution < 1.29 is 4.79 Å². The quantitative estimate of drug-likeness (QED) is 0.860. The summed E-state index contributed by atoms with van der Waals surface area (Å²) in [4.78, 5) is 19.1. The Balaban J connectivity index is 2.00. The number of amides is 1. The molecule has 104 valence electrons. The number of nitrogens with one attached hydrogen (secondary N) is 1. The fourth-order valence-corrected chi connectivity index (χ4v) is 2.63. The molecule has 20 heavy (non-hydrogen) atoms. The van der Waals surface area contributed by atoms with Crippen molar-refractivity contribution >= 4 is 16.8 Å². The first-order valence-corrected chi connectivity index (χ1v) is 7.03. The molecule has 1 fully saturated rings. The molecule has 0 unspecified atom stereocenters. The summed E-state index contributed by atoms with van der Waals surface area (Å²) in [5.41, 5.74) is 3.68. The van der Waals surface area contributed by atoms with E-state index in [1.54, 1.807) is 0 Å². The van der Waals surface area contributed by atoms with Crippen LogP contribution < -0.4 is 5.32 Å². The van der Waals surface area contributed by atoms with Crippen LogP contribution in [0.5, 0.6) is 0 Å². The average Bonchev–Trinajstić information content (AvgIpc) is 2.46. The summed E-state index contributed by atoms with van der Waals surface area (Å²) in [6, 6.07) is 8.12. The molecule has 3 rings (SSSR count). The number of aryl methyl sites for hydroxylation is 2. The first kappa shape index (κ1) is 13.1. The van der Waals surface area contributed by atoms with E-state index < -0.39 is 0 Å². The third-order valence-corrected chi connectivity index (χ3v) is 3.80. The summed E-state index contributed by atoms with van der Waals surface area (Å²) in [5, 5.41) is 4.29. The van der Waals surface area contributed by atoms with E-state index in [-0.39, 0.29) is 5.91 Å². The summed E-state index contributed by atoms with van der Waals surface area (Å²) in [6.45, 7) is 7.23. The van der Waals surface area contributed by atoms with Crippen LogP contribution in [0.3, 0.4) is 0 Å². The summed E-state index contributed by atoms with van der Waals surface area (Å²) in [6.07, 6.45) is 0. The summed E-state index contributed by atoms with van der Waals surface area (Å²) >= 11 is 0. The number of hydrogen-bond acceptors (Lipinski definition) is 3. The van der Waals surface area contributed by atoms with E-state index >= 15 is 0 Å². The maximum Gasteiger partial charge on any atom is 0.255 e. The molecule has 4 nitrogen and oxygen atoms in total. The third kappa shape index (κ3) is 2.39. The molecule has 2 aromatic rings. The van der Waals surface area contributed by atoms with E-state index in [2.05, 4.69) is 29.4 Å². The number of carbonyl (C=O) groups is 1. The highest BCUT2D eigenvalue weighted by molar-refractivity contribution is 5.98. The molecule has 1 aromatic carbocycles. The average molecular weight is 269 g/mol. The highest BCUT2D eigenvalue weighted by Crippen LogP contribution is 2.19. The molecule has 1 amide bonds. The Labute approximate surface area is 118 Å². The fourth-order valence-electron chi connectivity index (χ4n) is 2.63. The number of fused-ring (bicyclic) bond motifs is 1. The van der Waals surface area contributed by atoms with Gasteiger partial charge in [-0.25, -0.2) is 0 Å². The van der Waals surface area contributed by atoms with Crippen LogP contribution in [0, 0.1) is 13.8 Å². The standard InChI is InChI=1S/C16H19N3O/c1-11-3-4-13-10-14(12(2)18-15(13)9-11)16(20)19-7-5-17-6-8-19/h3-4,9-10,17H,5-8H2,1-2H3. The lowest BCUT2D eigenvalue weighted by atomic mass is 10.1. The molecule has 1 saturated heterocycles. The normalized spacial score (nSPS) is 15.6. The zero-order valence-corrected chi connectivity index (χ0v) is 11.9. The number of rotatable bonds is 1. The van der Waals surface area contributed by atoms with E-state index in [9.17, 15) is 4.79 Å². The van der Waals surface area contributed by atoms with Gasteiger partial charge in [-0.15, -0.1) is 0 Å². The second-order valence-corrected chi connectivity index (χ2v) is 5.36. The zero-order chi connectivity index (χ0) is 14.1. The monoisotopic (exact) mass is 269 g/mol. The molecule has 0 spiro atoms. The second-order valence-electron chi connectivity index (χ2n) is 5.36. The van der Waals surface area contributed by atoms with Gasteiger partial charge in [0.05, 0.1) is 16.8 Å². The van der Waals surface area contributed by atoms with Gasteiger partial charge in [0, 0.05) is 31.6 Å². The molecule has 4 heteroatoms. The lowest BCUT2D eigenvalue weighted by molar-refractivity contribution is 0.0735. The molecule has 1 N–H and O–H groups in total. The van der Waals surface area contributed by atoms with Crippen LogP contribution in [0.15, 0.2) is 24.3 Å². The number of benzene rings is 1. The van der Waals surface area contributed by atoms with Gasteiger partial charge in [-0.2, -0.15) is 0 Å². The predicted molar refractivity (Wildman–Crippen MR) is 80.0 cm³/mol. The number of piperazine rings is 1. The van der Waals surface area contributed by atoms with Crippen LogP contribution in [0.25, 0.3) is 10.9 Å². The van der Waals surface area contributed by atoms with Crippen molar-refractivity contribution in [3.8, 4) is 0 Å². The molecular weight excluding hydrogens is 250 g/mol.